The van der Waals surface area contributed by atoms with Crippen molar-refractivity contribution in [1.29, 1.82) is 0 Å². The zero-order chi connectivity index (χ0) is 20.5. The number of hydrogen-bond donors (Lipinski definition) is 3. The summed E-state index contributed by atoms with van der Waals surface area (Å²) in [6.07, 6.45) is -0.715. The Morgan fingerprint density at radius 3 is 2.25 bits per heavy atom. The van der Waals surface area contributed by atoms with Gasteiger partial charge in [0.2, 0.25) is 5.91 Å². The summed E-state index contributed by atoms with van der Waals surface area (Å²) in [6.45, 7) is 5.98. The molecule has 0 bridgehead atoms. The van der Waals surface area contributed by atoms with Gasteiger partial charge in [-0.15, -0.1) is 0 Å². The number of para-hydroxylation sites is 1. The molecule has 3 N–H and O–H groups in total. The molecule has 0 spiro atoms. The molecule has 7 heteroatoms. The van der Waals surface area contributed by atoms with E-state index in [0.717, 1.165) is 5.69 Å². The van der Waals surface area contributed by atoms with E-state index < -0.39 is 6.10 Å². The van der Waals surface area contributed by atoms with Gasteiger partial charge in [-0.2, -0.15) is 0 Å². The average Bonchev–Trinajstić information content (AvgIpc) is 2.65. The molecular formula is C21H27N3O3S. The van der Waals surface area contributed by atoms with Crippen LogP contribution in [0.1, 0.15) is 20.8 Å². The van der Waals surface area contributed by atoms with E-state index in [9.17, 15) is 9.90 Å². The molecule has 0 saturated heterocycles. The van der Waals surface area contributed by atoms with Crippen LogP contribution < -0.4 is 15.4 Å². The SMILES string of the molecule is CC(=O)Nc1ccc(OCC(O)CN(C(=S)Nc2ccccc2)C(C)C)cc1. The number of carbonyl (C=O) groups is 1. The van der Waals surface area contributed by atoms with Crippen molar-refractivity contribution in [3.8, 4) is 5.75 Å². The number of aliphatic hydroxyl groups is 1. The fourth-order valence-corrected chi connectivity index (χ4v) is 2.96. The maximum Gasteiger partial charge on any atom is 0.221 e. The fraction of sp³-hybridized carbons (Fsp3) is 0.333. The van der Waals surface area contributed by atoms with E-state index in [1.165, 1.54) is 6.92 Å². The van der Waals surface area contributed by atoms with Crippen LogP contribution in [0, 0.1) is 0 Å². The lowest BCUT2D eigenvalue weighted by Gasteiger charge is -2.31. The number of thiocarbonyl (C=S) groups is 1. The van der Waals surface area contributed by atoms with E-state index in [2.05, 4.69) is 10.6 Å². The van der Waals surface area contributed by atoms with E-state index in [0.29, 0.717) is 23.1 Å². The molecule has 0 aliphatic rings. The van der Waals surface area contributed by atoms with E-state index in [1.54, 1.807) is 24.3 Å². The molecule has 2 aromatic rings. The summed E-state index contributed by atoms with van der Waals surface area (Å²) in [5.41, 5.74) is 1.60. The number of nitrogens with one attached hydrogen (secondary N) is 2. The van der Waals surface area contributed by atoms with Crippen LogP contribution in [0.15, 0.2) is 54.6 Å². The minimum Gasteiger partial charge on any atom is -0.491 e. The topological polar surface area (TPSA) is 73.8 Å². The standard InChI is InChI=1S/C21H27N3O3S/c1-15(2)24(21(28)23-17-7-5-4-6-8-17)13-19(26)14-27-20-11-9-18(10-12-20)22-16(3)25/h4-12,15,19,26H,13-14H2,1-3H3,(H,22,25)(H,23,28). The summed E-state index contributed by atoms with van der Waals surface area (Å²) in [4.78, 5) is 13.0. The summed E-state index contributed by atoms with van der Waals surface area (Å²) in [5, 5.41) is 16.9. The minimum atomic E-state index is -0.715. The summed E-state index contributed by atoms with van der Waals surface area (Å²) in [5.74, 6) is 0.493. The van der Waals surface area contributed by atoms with Crippen LogP contribution >= 0.6 is 12.2 Å². The van der Waals surface area contributed by atoms with Gasteiger partial charge in [0, 0.05) is 30.9 Å². The molecule has 0 saturated carbocycles. The fourth-order valence-electron chi connectivity index (χ4n) is 2.55. The monoisotopic (exact) mass is 401 g/mol. The van der Waals surface area contributed by atoms with Crippen LogP contribution in [0.4, 0.5) is 11.4 Å². The first-order valence-electron chi connectivity index (χ1n) is 9.16. The Kier molecular flexibility index (Phi) is 8.22. The van der Waals surface area contributed by atoms with Crippen molar-refractivity contribution >= 4 is 34.6 Å². The quantitative estimate of drug-likeness (QED) is 0.588. The lowest BCUT2D eigenvalue weighted by molar-refractivity contribution is -0.114. The largest absolute Gasteiger partial charge is 0.491 e. The Morgan fingerprint density at radius 1 is 1.07 bits per heavy atom. The first kappa shape index (κ1) is 21.7. The number of hydrogen-bond acceptors (Lipinski definition) is 4. The zero-order valence-corrected chi connectivity index (χ0v) is 17.2. The van der Waals surface area contributed by atoms with Gasteiger partial charge in [0.1, 0.15) is 18.5 Å². The van der Waals surface area contributed by atoms with Gasteiger partial charge in [-0.25, -0.2) is 0 Å². The molecule has 0 radical (unpaired) electrons. The van der Waals surface area contributed by atoms with Crippen LogP contribution in [-0.4, -0.2) is 46.3 Å². The highest BCUT2D eigenvalue weighted by Crippen LogP contribution is 2.16. The maximum atomic E-state index is 11.0. The van der Waals surface area contributed by atoms with Gasteiger partial charge < -0.3 is 25.4 Å². The van der Waals surface area contributed by atoms with Gasteiger partial charge in [0.25, 0.3) is 0 Å². The first-order chi connectivity index (χ1) is 13.3. The Labute approximate surface area is 171 Å². The summed E-state index contributed by atoms with van der Waals surface area (Å²) < 4.78 is 5.65. The van der Waals surface area contributed by atoms with Gasteiger partial charge in [-0.3, -0.25) is 4.79 Å². The lowest BCUT2D eigenvalue weighted by atomic mass is 10.2. The molecule has 2 rings (SSSR count). The number of benzene rings is 2. The summed E-state index contributed by atoms with van der Waals surface area (Å²) in [6, 6.07) is 16.8. The predicted octanol–water partition coefficient (Wildman–Crippen LogP) is 3.49. The van der Waals surface area contributed by atoms with Crippen molar-refractivity contribution in [2.45, 2.75) is 32.9 Å². The van der Waals surface area contributed by atoms with E-state index >= 15 is 0 Å². The van der Waals surface area contributed by atoms with Crippen molar-refractivity contribution in [3.05, 3.63) is 54.6 Å². The Bertz CT molecular complexity index is 766. The van der Waals surface area contributed by atoms with Gasteiger partial charge >= 0.3 is 0 Å². The highest BCUT2D eigenvalue weighted by atomic mass is 32.1. The third-order valence-corrected chi connectivity index (χ3v) is 4.27. The molecule has 1 unspecified atom stereocenters. The van der Waals surface area contributed by atoms with Gasteiger partial charge in [0.15, 0.2) is 5.11 Å². The minimum absolute atomic E-state index is 0.121. The average molecular weight is 402 g/mol. The molecule has 2 aromatic carbocycles. The molecule has 0 heterocycles. The molecular weight excluding hydrogens is 374 g/mol. The number of ether oxygens (including phenoxy) is 1. The van der Waals surface area contributed by atoms with Crippen molar-refractivity contribution in [2.24, 2.45) is 0 Å². The van der Waals surface area contributed by atoms with Crippen LogP contribution in [0.3, 0.4) is 0 Å². The lowest BCUT2D eigenvalue weighted by Crippen LogP contribution is -2.45. The second-order valence-electron chi connectivity index (χ2n) is 6.71. The molecule has 0 aromatic heterocycles. The molecule has 6 nitrogen and oxygen atoms in total. The Morgan fingerprint density at radius 2 is 1.68 bits per heavy atom. The van der Waals surface area contributed by atoms with Crippen LogP contribution in [0.2, 0.25) is 0 Å². The van der Waals surface area contributed by atoms with Gasteiger partial charge in [-0.1, -0.05) is 18.2 Å². The smallest absolute Gasteiger partial charge is 0.221 e. The maximum absolute atomic E-state index is 11.0. The molecule has 0 aliphatic carbocycles. The van der Waals surface area contributed by atoms with E-state index in [4.69, 9.17) is 17.0 Å². The van der Waals surface area contributed by atoms with Crippen molar-refractivity contribution < 1.29 is 14.6 Å². The Hall–Kier alpha value is -2.64. The number of nitrogens with zero attached hydrogens (tertiary/aromatic N) is 1. The molecule has 0 aliphatic heterocycles. The normalized spacial score (nSPS) is 11.6. The van der Waals surface area contributed by atoms with Gasteiger partial charge in [-0.05, 0) is 62.5 Å². The second-order valence-corrected chi connectivity index (χ2v) is 7.10. The number of carbonyl (C=O) groups excluding carboxylic acids is 1. The first-order valence-corrected chi connectivity index (χ1v) is 9.57. The highest BCUT2D eigenvalue weighted by molar-refractivity contribution is 7.80. The molecule has 1 atom stereocenters. The molecule has 150 valence electrons. The predicted molar refractivity (Wildman–Crippen MR) is 117 cm³/mol. The van der Waals surface area contributed by atoms with E-state index in [-0.39, 0.29) is 18.6 Å². The second kappa shape index (κ2) is 10.6. The summed E-state index contributed by atoms with van der Waals surface area (Å²) >= 11 is 5.51. The van der Waals surface area contributed by atoms with Crippen molar-refractivity contribution in [1.82, 2.24) is 4.90 Å². The molecule has 0 fully saturated rings. The number of rotatable bonds is 8. The third kappa shape index (κ3) is 7.17. The highest BCUT2D eigenvalue weighted by Gasteiger charge is 2.18. The number of aliphatic hydroxyl groups excluding tert-OH is 1. The zero-order valence-electron chi connectivity index (χ0n) is 16.4. The number of anilines is 2. The third-order valence-electron chi connectivity index (χ3n) is 3.93. The molecule has 1 amide bonds. The van der Waals surface area contributed by atoms with Crippen LogP contribution in [0.25, 0.3) is 0 Å². The molecule has 28 heavy (non-hydrogen) atoms. The summed E-state index contributed by atoms with van der Waals surface area (Å²) in [7, 11) is 0. The van der Waals surface area contributed by atoms with Gasteiger partial charge in [0.05, 0.1) is 0 Å². The van der Waals surface area contributed by atoms with Crippen LogP contribution in [-0.2, 0) is 4.79 Å². The van der Waals surface area contributed by atoms with Crippen molar-refractivity contribution in [3.63, 3.8) is 0 Å². The number of amides is 1. The van der Waals surface area contributed by atoms with Crippen LogP contribution in [0.5, 0.6) is 5.75 Å². The van der Waals surface area contributed by atoms with Crippen molar-refractivity contribution in [2.75, 3.05) is 23.8 Å². The van der Waals surface area contributed by atoms with E-state index in [1.807, 2.05) is 49.1 Å². The Balaban J connectivity index is 1.87.